The molecule has 0 bridgehead atoms. The van der Waals surface area contributed by atoms with Crippen molar-refractivity contribution in [2.45, 2.75) is 53.6 Å². The van der Waals surface area contributed by atoms with E-state index in [1.165, 1.54) is 0 Å². The highest BCUT2D eigenvalue weighted by Crippen LogP contribution is 2.28. The van der Waals surface area contributed by atoms with E-state index in [1.54, 1.807) is 18.2 Å². The Morgan fingerprint density at radius 1 is 1.25 bits per heavy atom. The Bertz CT molecular complexity index is 1130. The fourth-order valence-electron chi connectivity index (χ4n) is 3.61. The zero-order valence-electron chi connectivity index (χ0n) is 19.0. The van der Waals surface area contributed by atoms with Gasteiger partial charge in [0.05, 0.1) is 6.61 Å². The molecule has 1 unspecified atom stereocenters. The van der Waals surface area contributed by atoms with Crippen molar-refractivity contribution in [2.24, 2.45) is 0 Å². The first-order valence-corrected chi connectivity index (χ1v) is 11.1. The summed E-state index contributed by atoms with van der Waals surface area (Å²) in [6, 6.07) is 5.87. The number of nitrogens with zero attached hydrogens (tertiary/aromatic N) is 2. The van der Waals surface area contributed by atoms with E-state index in [-0.39, 0.29) is 12.5 Å². The standard InChI is InChI=1S/C23H29ClN4O4/c1-6-16(32-17-9-8-13(3)12-14(17)4)22(29)25-11-10-18-26-27-21-19(23(30)31-7-2)15(5)20(24)28(18)21/h8-9,12,16,27H,6-7,10-11H2,1-5H3,(H,25,29). The SMILES string of the molecule is CCOC(=O)c1c(C)c(Cl)n2c(CCNC(=O)C(CC)Oc3ccc(C)cc3C)n[nH]c12. The van der Waals surface area contributed by atoms with E-state index >= 15 is 0 Å². The van der Waals surface area contributed by atoms with Gasteiger partial charge in [-0.05, 0) is 45.7 Å². The van der Waals surface area contributed by atoms with Crippen LogP contribution >= 0.6 is 11.6 Å². The predicted molar refractivity (Wildman–Crippen MR) is 123 cm³/mol. The van der Waals surface area contributed by atoms with Gasteiger partial charge in [0.25, 0.3) is 5.91 Å². The minimum Gasteiger partial charge on any atom is -0.480 e. The van der Waals surface area contributed by atoms with Crippen LogP contribution < -0.4 is 10.1 Å². The summed E-state index contributed by atoms with van der Waals surface area (Å²) >= 11 is 6.46. The molecule has 9 heteroatoms. The summed E-state index contributed by atoms with van der Waals surface area (Å²) in [7, 11) is 0. The van der Waals surface area contributed by atoms with Gasteiger partial charge in [-0.2, -0.15) is 5.10 Å². The second-order valence-corrected chi connectivity index (χ2v) is 8.02. The molecular formula is C23H29ClN4O4. The fraction of sp³-hybridized carbons (Fsp3) is 0.435. The van der Waals surface area contributed by atoms with Crippen molar-refractivity contribution in [3.63, 3.8) is 0 Å². The number of nitrogens with one attached hydrogen (secondary N) is 2. The van der Waals surface area contributed by atoms with Crippen LogP contribution in [0.25, 0.3) is 5.65 Å². The lowest BCUT2D eigenvalue weighted by molar-refractivity contribution is -0.128. The third-order valence-corrected chi connectivity index (χ3v) is 5.73. The number of benzene rings is 1. The number of halogens is 1. The number of ether oxygens (including phenoxy) is 2. The summed E-state index contributed by atoms with van der Waals surface area (Å²) in [5.74, 6) is 0.661. The van der Waals surface area contributed by atoms with E-state index in [9.17, 15) is 9.59 Å². The molecule has 0 aliphatic heterocycles. The van der Waals surface area contributed by atoms with Crippen molar-refractivity contribution < 1.29 is 19.1 Å². The maximum atomic E-state index is 12.7. The molecule has 2 N–H and O–H groups in total. The number of carbonyl (C=O) groups excluding carboxylic acids is 2. The molecule has 3 rings (SSSR count). The van der Waals surface area contributed by atoms with E-state index in [0.29, 0.717) is 52.9 Å². The van der Waals surface area contributed by atoms with Gasteiger partial charge in [0, 0.05) is 18.5 Å². The van der Waals surface area contributed by atoms with Gasteiger partial charge in [-0.1, -0.05) is 36.2 Å². The molecule has 32 heavy (non-hydrogen) atoms. The number of hydrogen-bond acceptors (Lipinski definition) is 5. The number of amides is 1. The van der Waals surface area contributed by atoms with Crippen LogP contribution in [0.15, 0.2) is 18.2 Å². The molecule has 0 fully saturated rings. The number of aromatic amines is 1. The Labute approximate surface area is 192 Å². The third-order valence-electron chi connectivity index (χ3n) is 5.28. The minimum absolute atomic E-state index is 0.193. The minimum atomic E-state index is -0.594. The average molecular weight is 461 g/mol. The smallest absolute Gasteiger partial charge is 0.342 e. The van der Waals surface area contributed by atoms with Crippen molar-refractivity contribution in [3.8, 4) is 5.75 Å². The quantitative estimate of drug-likeness (QED) is 0.471. The molecule has 8 nitrogen and oxygen atoms in total. The third kappa shape index (κ3) is 4.75. The van der Waals surface area contributed by atoms with Crippen molar-refractivity contribution in [2.75, 3.05) is 13.2 Å². The number of fused-ring (bicyclic) bond motifs is 1. The first-order chi connectivity index (χ1) is 15.3. The Morgan fingerprint density at radius 2 is 2.00 bits per heavy atom. The Kier molecular flexibility index (Phi) is 7.45. The fourth-order valence-corrected chi connectivity index (χ4v) is 3.89. The van der Waals surface area contributed by atoms with E-state index in [0.717, 1.165) is 11.1 Å². The van der Waals surface area contributed by atoms with Crippen LogP contribution in [0.3, 0.4) is 0 Å². The van der Waals surface area contributed by atoms with E-state index in [2.05, 4.69) is 15.5 Å². The van der Waals surface area contributed by atoms with Gasteiger partial charge in [0.15, 0.2) is 6.10 Å². The highest BCUT2D eigenvalue weighted by atomic mass is 35.5. The first kappa shape index (κ1) is 23.7. The second kappa shape index (κ2) is 10.1. The lowest BCUT2D eigenvalue weighted by Gasteiger charge is -2.18. The molecule has 0 saturated carbocycles. The summed E-state index contributed by atoms with van der Waals surface area (Å²) in [6.07, 6.45) is 0.363. The molecule has 1 aromatic carbocycles. The molecule has 0 saturated heterocycles. The number of hydrogen-bond donors (Lipinski definition) is 2. The Balaban J connectivity index is 1.67. The van der Waals surface area contributed by atoms with Gasteiger partial charge in [-0.15, -0.1) is 0 Å². The average Bonchev–Trinajstić information content (AvgIpc) is 3.26. The molecule has 2 heterocycles. The normalized spacial score (nSPS) is 12.1. The molecule has 0 spiro atoms. The van der Waals surface area contributed by atoms with Crippen molar-refractivity contribution in [1.29, 1.82) is 0 Å². The van der Waals surface area contributed by atoms with E-state index < -0.39 is 12.1 Å². The highest BCUT2D eigenvalue weighted by Gasteiger charge is 2.25. The highest BCUT2D eigenvalue weighted by molar-refractivity contribution is 6.31. The molecule has 0 aliphatic carbocycles. The number of rotatable bonds is 9. The van der Waals surface area contributed by atoms with E-state index in [4.69, 9.17) is 21.1 Å². The number of carbonyl (C=O) groups is 2. The summed E-state index contributed by atoms with van der Waals surface area (Å²) in [6.45, 7) is 10.00. The van der Waals surface area contributed by atoms with Crippen molar-refractivity contribution in [3.05, 3.63) is 51.4 Å². The summed E-state index contributed by atoms with van der Waals surface area (Å²) < 4.78 is 12.7. The van der Waals surface area contributed by atoms with Crippen LogP contribution in [0.1, 0.15) is 53.1 Å². The number of aryl methyl sites for hydroxylation is 2. The predicted octanol–water partition coefficient (Wildman–Crippen LogP) is 3.93. The molecule has 172 valence electrons. The maximum absolute atomic E-state index is 12.7. The molecule has 1 amide bonds. The van der Waals surface area contributed by atoms with Crippen LogP contribution in [0.4, 0.5) is 0 Å². The molecule has 0 radical (unpaired) electrons. The summed E-state index contributed by atoms with van der Waals surface area (Å²) in [4.78, 5) is 25.0. The van der Waals surface area contributed by atoms with Crippen molar-refractivity contribution >= 4 is 29.1 Å². The first-order valence-electron chi connectivity index (χ1n) is 10.7. The zero-order chi connectivity index (χ0) is 23.4. The van der Waals surface area contributed by atoms with Crippen LogP contribution in [-0.4, -0.2) is 45.7 Å². The topological polar surface area (TPSA) is 97.7 Å². The molecule has 0 aliphatic rings. The van der Waals surface area contributed by atoms with Gasteiger partial charge >= 0.3 is 5.97 Å². The summed E-state index contributed by atoms with van der Waals surface area (Å²) in [5, 5.41) is 10.4. The summed E-state index contributed by atoms with van der Waals surface area (Å²) in [5.41, 5.74) is 3.61. The van der Waals surface area contributed by atoms with Crippen LogP contribution in [0.5, 0.6) is 5.75 Å². The van der Waals surface area contributed by atoms with Gasteiger partial charge in [0.1, 0.15) is 27.9 Å². The van der Waals surface area contributed by atoms with Gasteiger partial charge < -0.3 is 14.8 Å². The molecule has 3 aromatic rings. The van der Waals surface area contributed by atoms with Crippen LogP contribution in [0, 0.1) is 20.8 Å². The van der Waals surface area contributed by atoms with Gasteiger partial charge in [-0.3, -0.25) is 14.3 Å². The molecular weight excluding hydrogens is 432 g/mol. The largest absolute Gasteiger partial charge is 0.480 e. The molecule has 2 aromatic heterocycles. The Morgan fingerprint density at radius 3 is 2.66 bits per heavy atom. The number of aromatic nitrogens is 3. The Hall–Kier alpha value is -3.00. The lowest BCUT2D eigenvalue weighted by atomic mass is 10.1. The van der Waals surface area contributed by atoms with Crippen LogP contribution in [-0.2, 0) is 16.0 Å². The maximum Gasteiger partial charge on any atom is 0.342 e. The number of esters is 1. The monoisotopic (exact) mass is 460 g/mol. The lowest BCUT2D eigenvalue weighted by Crippen LogP contribution is -2.39. The zero-order valence-corrected chi connectivity index (χ0v) is 19.8. The van der Waals surface area contributed by atoms with Gasteiger partial charge in [0.2, 0.25) is 0 Å². The second-order valence-electron chi connectivity index (χ2n) is 7.66. The molecule has 1 atom stereocenters. The van der Waals surface area contributed by atoms with Crippen LogP contribution in [0.2, 0.25) is 5.15 Å². The number of H-pyrrole nitrogens is 1. The van der Waals surface area contributed by atoms with Gasteiger partial charge in [-0.25, -0.2) is 4.79 Å². The van der Waals surface area contributed by atoms with E-state index in [1.807, 2.05) is 39.0 Å². The van der Waals surface area contributed by atoms with Crippen molar-refractivity contribution in [1.82, 2.24) is 19.9 Å².